The average Bonchev–Trinajstić information content (AvgIpc) is 3.42. The highest BCUT2D eigenvalue weighted by atomic mass is 19.1. The van der Waals surface area contributed by atoms with E-state index in [4.69, 9.17) is 9.15 Å². The van der Waals surface area contributed by atoms with Crippen molar-refractivity contribution in [1.29, 1.82) is 0 Å². The first-order valence-corrected chi connectivity index (χ1v) is 8.94. The molecule has 10 heteroatoms. The van der Waals surface area contributed by atoms with Crippen molar-refractivity contribution >= 4 is 17.7 Å². The zero-order chi connectivity index (χ0) is 20.4. The quantitative estimate of drug-likeness (QED) is 0.682. The number of carbonyl (C=O) groups is 2. The minimum atomic E-state index is -0.592. The normalized spacial score (nSPS) is 16.1. The minimum Gasteiger partial charge on any atom is -0.444 e. The molecule has 1 aliphatic heterocycles. The van der Waals surface area contributed by atoms with Crippen molar-refractivity contribution in [2.24, 2.45) is 0 Å². The molecule has 150 valence electrons. The standard InChI is InChI=1S/C19H18FN5O4/c1-12(26)21-8-15-10-25(19(27)29-15)14-3-4-16(17(20)7-14)18-23-13(11-28-18)9-24-6-2-5-22-24/h2-7,11,15H,8-10H2,1H3,(H,21,26)/t15-/m0/s1. The predicted octanol–water partition coefficient (Wildman–Crippen LogP) is 2.19. The number of rotatable bonds is 6. The third-order valence-corrected chi connectivity index (χ3v) is 4.38. The van der Waals surface area contributed by atoms with Crippen LogP contribution in [-0.2, 0) is 16.1 Å². The van der Waals surface area contributed by atoms with Gasteiger partial charge in [-0.3, -0.25) is 14.4 Å². The Labute approximate surface area is 165 Å². The fourth-order valence-corrected chi connectivity index (χ4v) is 3.00. The minimum absolute atomic E-state index is 0.142. The molecule has 0 spiro atoms. The summed E-state index contributed by atoms with van der Waals surface area (Å²) in [7, 11) is 0. The molecule has 1 atom stereocenters. The van der Waals surface area contributed by atoms with Gasteiger partial charge in [0, 0.05) is 19.3 Å². The zero-order valence-electron chi connectivity index (χ0n) is 15.5. The van der Waals surface area contributed by atoms with E-state index >= 15 is 0 Å². The summed E-state index contributed by atoms with van der Waals surface area (Å²) in [5.41, 5.74) is 1.14. The van der Waals surface area contributed by atoms with Crippen LogP contribution in [0.4, 0.5) is 14.9 Å². The molecule has 0 saturated carbocycles. The number of ether oxygens (including phenoxy) is 1. The Balaban J connectivity index is 1.48. The maximum Gasteiger partial charge on any atom is 0.414 e. The molecule has 9 nitrogen and oxygen atoms in total. The molecule has 1 aromatic carbocycles. The number of nitrogens with zero attached hydrogens (tertiary/aromatic N) is 4. The number of hydrogen-bond acceptors (Lipinski definition) is 6. The number of nitrogens with one attached hydrogen (secondary N) is 1. The number of carbonyl (C=O) groups excluding carboxylic acids is 2. The molecule has 4 rings (SSSR count). The number of hydrogen-bond donors (Lipinski definition) is 1. The van der Waals surface area contributed by atoms with E-state index in [9.17, 15) is 14.0 Å². The average molecular weight is 399 g/mol. The number of halogens is 1. The second-order valence-electron chi connectivity index (χ2n) is 6.57. The molecule has 1 aliphatic rings. The van der Waals surface area contributed by atoms with Crippen LogP contribution in [0.5, 0.6) is 0 Å². The second kappa shape index (κ2) is 7.74. The first kappa shape index (κ1) is 18.7. The Kier molecular flexibility index (Phi) is 4.98. The topological polar surface area (TPSA) is 102 Å². The smallest absolute Gasteiger partial charge is 0.414 e. The van der Waals surface area contributed by atoms with E-state index in [1.165, 1.54) is 30.2 Å². The van der Waals surface area contributed by atoms with Crippen molar-refractivity contribution in [3.8, 4) is 11.5 Å². The Bertz CT molecular complexity index is 1030. The Morgan fingerprint density at radius 3 is 3.00 bits per heavy atom. The summed E-state index contributed by atoms with van der Waals surface area (Å²) in [5, 5.41) is 6.69. The molecule has 0 radical (unpaired) electrons. The van der Waals surface area contributed by atoms with Crippen molar-refractivity contribution < 1.29 is 23.1 Å². The molecule has 1 fully saturated rings. The van der Waals surface area contributed by atoms with Gasteiger partial charge in [0.05, 0.1) is 30.9 Å². The summed E-state index contributed by atoms with van der Waals surface area (Å²) in [6, 6.07) is 6.12. The zero-order valence-corrected chi connectivity index (χ0v) is 15.5. The highest BCUT2D eigenvalue weighted by molar-refractivity contribution is 5.90. The lowest BCUT2D eigenvalue weighted by atomic mass is 10.1. The maximum atomic E-state index is 14.7. The number of oxazole rings is 1. The SMILES string of the molecule is CC(=O)NC[C@H]1CN(c2ccc(-c3nc(Cn4cccn4)co3)c(F)c2)C(=O)O1. The molecule has 3 aromatic rings. The number of amides is 2. The van der Waals surface area contributed by atoms with Gasteiger partial charge in [-0.2, -0.15) is 5.10 Å². The largest absolute Gasteiger partial charge is 0.444 e. The van der Waals surface area contributed by atoms with E-state index < -0.39 is 18.0 Å². The molecular weight excluding hydrogens is 381 g/mol. The fraction of sp³-hybridized carbons (Fsp3) is 0.263. The van der Waals surface area contributed by atoms with Crippen LogP contribution in [-0.4, -0.2) is 46.0 Å². The third-order valence-electron chi connectivity index (χ3n) is 4.38. The van der Waals surface area contributed by atoms with Crippen LogP contribution >= 0.6 is 0 Å². The Hall–Kier alpha value is -3.69. The van der Waals surface area contributed by atoms with Gasteiger partial charge in [-0.25, -0.2) is 14.2 Å². The van der Waals surface area contributed by atoms with E-state index in [0.717, 1.165) is 0 Å². The molecule has 0 unspecified atom stereocenters. The lowest BCUT2D eigenvalue weighted by Crippen LogP contribution is -2.33. The lowest BCUT2D eigenvalue weighted by Gasteiger charge is -2.13. The monoisotopic (exact) mass is 399 g/mol. The molecule has 3 heterocycles. The maximum absolute atomic E-state index is 14.7. The van der Waals surface area contributed by atoms with Crippen molar-refractivity contribution in [3.05, 3.63) is 54.4 Å². The molecule has 1 N–H and O–H groups in total. The molecule has 0 aliphatic carbocycles. The molecule has 29 heavy (non-hydrogen) atoms. The van der Waals surface area contributed by atoms with Crippen LogP contribution < -0.4 is 10.2 Å². The molecular formula is C19H18FN5O4. The van der Waals surface area contributed by atoms with Crippen LogP contribution in [0.3, 0.4) is 0 Å². The van der Waals surface area contributed by atoms with Crippen molar-refractivity contribution in [3.63, 3.8) is 0 Å². The van der Waals surface area contributed by atoms with Gasteiger partial charge in [0.2, 0.25) is 11.8 Å². The van der Waals surface area contributed by atoms with Gasteiger partial charge in [0.1, 0.15) is 23.9 Å². The van der Waals surface area contributed by atoms with Crippen LogP contribution in [0.15, 0.2) is 47.3 Å². The molecule has 0 bridgehead atoms. The molecule has 2 amide bonds. The van der Waals surface area contributed by atoms with Gasteiger partial charge in [-0.1, -0.05) is 0 Å². The first-order valence-electron chi connectivity index (χ1n) is 8.94. The highest BCUT2D eigenvalue weighted by Crippen LogP contribution is 2.28. The third kappa shape index (κ3) is 4.10. The number of aromatic nitrogens is 3. The van der Waals surface area contributed by atoms with E-state index in [0.29, 0.717) is 17.9 Å². The fourth-order valence-electron chi connectivity index (χ4n) is 3.00. The van der Waals surface area contributed by atoms with E-state index in [1.54, 1.807) is 29.2 Å². The van der Waals surface area contributed by atoms with E-state index in [1.807, 2.05) is 0 Å². The number of cyclic esters (lactones) is 1. The van der Waals surface area contributed by atoms with Crippen molar-refractivity contribution in [2.75, 3.05) is 18.0 Å². The first-order chi connectivity index (χ1) is 14.0. The number of anilines is 1. The number of benzene rings is 1. The summed E-state index contributed by atoms with van der Waals surface area (Å²) in [4.78, 5) is 28.7. The van der Waals surface area contributed by atoms with Gasteiger partial charge >= 0.3 is 6.09 Å². The second-order valence-corrected chi connectivity index (χ2v) is 6.57. The van der Waals surface area contributed by atoms with E-state index in [2.05, 4.69) is 15.4 Å². The van der Waals surface area contributed by atoms with Crippen LogP contribution in [0.2, 0.25) is 0 Å². The van der Waals surface area contributed by atoms with Crippen LogP contribution in [0.1, 0.15) is 12.6 Å². The molecule has 1 saturated heterocycles. The van der Waals surface area contributed by atoms with Crippen molar-refractivity contribution in [2.45, 2.75) is 19.6 Å². The lowest BCUT2D eigenvalue weighted by molar-refractivity contribution is -0.119. The summed E-state index contributed by atoms with van der Waals surface area (Å²) in [6.07, 6.45) is 3.81. The highest BCUT2D eigenvalue weighted by Gasteiger charge is 2.32. The van der Waals surface area contributed by atoms with Gasteiger partial charge in [0.15, 0.2) is 0 Å². The summed E-state index contributed by atoms with van der Waals surface area (Å²) >= 11 is 0. The summed E-state index contributed by atoms with van der Waals surface area (Å²) in [6.45, 7) is 2.20. The van der Waals surface area contributed by atoms with Gasteiger partial charge < -0.3 is 14.5 Å². The van der Waals surface area contributed by atoms with Crippen LogP contribution in [0, 0.1) is 5.82 Å². The summed E-state index contributed by atoms with van der Waals surface area (Å²) < 4.78 is 27.0. The predicted molar refractivity (Wildman–Crippen MR) is 99.5 cm³/mol. The Morgan fingerprint density at radius 2 is 2.28 bits per heavy atom. The molecule has 2 aromatic heterocycles. The van der Waals surface area contributed by atoms with Crippen molar-refractivity contribution in [1.82, 2.24) is 20.1 Å². The van der Waals surface area contributed by atoms with Crippen LogP contribution in [0.25, 0.3) is 11.5 Å². The summed E-state index contributed by atoms with van der Waals surface area (Å²) in [5.74, 6) is -0.649. The van der Waals surface area contributed by atoms with Gasteiger partial charge in [-0.15, -0.1) is 0 Å². The Morgan fingerprint density at radius 1 is 1.41 bits per heavy atom. The van der Waals surface area contributed by atoms with E-state index in [-0.39, 0.29) is 30.5 Å². The van der Waals surface area contributed by atoms with Gasteiger partial charge in [0.25, 0.3) is 0 Å². The van der Waals surface area contributed by atoms with Gasteiger partial charge in [-0.05, 0) is 24.3 Å².